The third-order valence-electron chi connectivity index (χ3n) is 3.58. The molecule has 0 aliphatic rings. The molecule has 130 valence electrons. The average molecular weight is 452 g/mol. The van der Waals surface area contributed by atoms with Crippen molar-refractivity contribution in [2.45, 2.75) is 18.8 Å². The van der Waals surface area contributed by atoms with Crippen molar-refractivity contribution in [1.29, 1.82) is 0 Å². The van der Waals surface area contributed by atoms with Crippen molar-refractivity contribution in [1.82, 2.24) is 0 Å². The van der Waals surface area contributed by atoms with Crippen molar-refractivity contribution in [2.75, 3.05) is 12.9 Å². The normalized spacial score (nSPS) is 13.0. The van der Waals surface area contributed by atoms with Crippen LogP contribution in [0.3, 0.4) is 0 Å². The van der Waals surface area contributed by atoms with Crippen molar-refractivity contribution in [3.63, 3.8) is 0 Å². The van der Waals surface area contributed by atoms with Crippen LogP contribution in [0.25, 0.3) is 0 Å². The third kappa shape index (κ3) is 6.37. The summed E-state index contributed by atoms with van der Waals surface area (Å²) in [6.45, 7) is 0.0523. The van der Waals surface area contributed by atoms with Gasteiger partial charge in [-0.05, 0) is 48.2 Å². The van der Waals surface area contributed by atoms with E-state index in [0.29, 0.717) is 16.5 Å². The molecule has 0 saturated carbocycles. The highest BCUT2D eigenvalue weighted by Gasteiger charge is 2.18. The summed E-state index contributed by atoms with van der Waals surface area (Å²) in [7, 11) is -3.51. The Bertz CT molecular complexity index is 792. The minimum Gasteiger partial charge on any atom is -0.270 e. The van der Waals surface area contributed by atoms with Gasteiger partial charge in [-0.3, -0.25) is 4.18 Å². The summed E-state index contributed by atoms with van der Waals surface area (Å²) in [5.41, 5.74) is 1.99. The van der Waals surface area contributed by atoms with Crippen LogP contribution in [0.1, 0.15) is 23.5 Å². The lowest BCUT2D eigenvalue weighted by Crippen LogP contribution is -2.13. The molecule has 2 aromatic carbocycles. The summed E-state index contributed by atoms with van der Waals surface area (Å²) in [6.07, 6.45) is 2.53. The molecule has 0 heterocycles. The van der Waals surface area contributed by atoms with Gasteiger partial charge in [0.25, 0.3) is 10.1 Å². The van der Waals surface area contributed by atoms with Crippen molar-refractivity contribution >= 4 is 49.2 Å². The predicted octanol–water partition coefficient (Wildman–Crippen LogP) is 5.45. The molecule has 0 aliphatic heterocycles. The number of benzene rings is 2. The van der Waals surface area contributed by atoms with E-state index in [-0.39, 0.29) is 12.5 Å². The Balaban J connectivity index is 2.17. The first-order valence-corrected chi connectivity index (χ1v) is 10.6. The minimum absolute atomic E-state index is 0.0523. The Morgan fingerprint density at radius 1 is 1.12 bits per heavy atom. The highest BCUT2D eigenvalue weighted by molar-refractivity contribution is 9.10. The maximum absolute atomic E-state index is 11.3. The second-order valence-corrected chi connectivity index (χ2v) is 8.92. The molecule has 0 aromatic heterocycles. The Morgan fingerprint density at radius 2 is 1.79 bits per heavy atom. The van der Waals surface area contributed by atoms with Crippen LogP contribution in [0.5, 0.6) is 0 Å². The largest absolute Gasteiger partial charge is 0.270 e. The summed E-state index contributed by atoms with van der Waals surface area (Å²) in [5.74, 6) is -0.145. The highest BCUT2D eigenvalue weighted by atomic mass is 79.9. The maximum atomic E-state index is 11.3. The van der Waals surface area contributed by atoms with E-state index >= 15 is 0 Å². The molecule has 0 amide bonds. The van der Waals surface area contributed by atoms with E-state index in [1.807, 2.05) is 30.3 Å². The lowest BCUT2D eigenvalue weighted by molar-refractivity contribution is 0.288. The molecule has 0 spiro atoms. The SMILES string of the molecule is CS(=O)(=O)OC[C@@H](CCc1ccc(Br)cc1)c1ccc(Cl)cc1Cl. The zero-order chi connectivity index (χ0) is 17.7. The number of rotatable bonds is 7. The molecule has 0 radical (unpaired) electrons. The standard InChI is InChI=1S/C17H17BrCl2O3S/c1-24(21,22)23-11-13(16-9-8-15(19)10-17(16)20)5-2-12-3-6-14(18)7-4-12/h3-4,6-10,13H,2,5,11H2,1H3/t13-/m1/s1. The van der Waals surface area contributed by atoms with Crippen LogP contribution in [0.15, 0.2) is 46.9 Å². The van der Waals surface area contributed by atoms with Crippen LogP contribution < -0.4 is 0 Å². The zero-order valence-electron chi connectivity index (χ0n) is 13.0. The van der Waals surface area contributed by atoms with E-state index in [1.165, 1.54) is 0 Å². The third-order valence-corrected chi connectivity index (χ3v) is 5.24. The Hall–Kier alpha value is -0.590. The number of aryl methyl sites for hydroxylation is 1. The molecule has 1 atom stereocenters. The number of halogens is 3. The van der Waals surface area contributed by atoms with Gasteiger partial charge in [0.1, 0.15) is 0 Å². The fourth-order valence-corrected chi connectivity index (χ4v) is 3.60. The monoisotopic (exact) mass is 450 g/mol. The van der Waals surface area contributed by atoms with Gasteiger partial charge < -0.3 is 0 Å². The van der Waals surface area contributed by atoms with Crippen LogP contribution in [-0.4, -0.2) is 21.3 Å². The van der Waals surface area contributed by atoms with Crippen LogP contribution >= 0.6 is 39.1 Å². The van der Waals surface area contributed by atoms with Gasteiger partial charge in [-0.15, -0.1) is 0 Å². The van der Waals surface area contributed by atoms with Gasteiger partial charge in [0.2, 0.25) is 0 Å². The summed E-state index contributed by atoms with van der Waals surface area (Å²) in [5, 5.41) is 1.06. The first kappa shape index (κ1) is 19.7. The first-order chi connectivity index (χ1) is 11.2. The number of hydrogen-bond acceptors (Lipinski definition) is 3. The molecule has 0 saturated heterocycles. The molecule has 24 heavy (non-hydrogen) atoms. The van der Waals surface area contributed by atoms with E-state index in [9.17, 15) is 8.42 Å². The topological polar surface area (TPSA) is 43.4 Å². The van der Waals surface area contributed by atoms with Gasteiger partial charge in [-0.25, -0.2) is 0 Å². The van der Waals surface area contributed by atoms with Crippen LogP contribution in [0.4, 0.5) is 0 Å². The number of hydrogen-bond donors (Lipinski definition) is 0. The molecule has 7 heteroatoms. The van der Waals surface area contributed by atoms with E-state index in [4.69, 9.17) is 27.4 Å². The van der Waals surface area contributed by atoms with Crippen molar-refractivity contribution in [3.05, 3.63) is 68.1 Å². The second-order valence-electron chi connectivity index (χ2n) is 5.52. The Kier molecular flexibility index (Phi) is 7.13. The second kappa shape index (κ2) is 8.68. The fraction of sp³-hybridized carbons (Fsp3) is 0.294. The van der Waals surface area contributed by atoms with Crippen LogP contribution in [0, 0.1) is 0 Å². The van der Waals surface area contributed by atoms with Crippen molar-refractivity contribution in [2.24, 2.45) is 0 Å². The summed E-state index contributed by atoms with van der Waals surface area (Å²) in [4.78, 5) is 0. The summed E-state index contributed by atoms with van der Waals surface area (Å²) < 4.78 is 28.7. The molecule has 0 aliphatic carbocycles. The maximum Gasteiger partial charge on any atom is 0.264 e. The van der Waals surface area contributed by atoms with Crippen LogP contribution in [-0.2, 0) is 20.7 Å². The van der Waals surface area contributed by atoms with Gasteiger partial charge in [0.05, 0.1) is 12.9 Å². The van der Waals surface area contributed by atoms with Gasteiger partial charge >= 0.3 is 0 Å². The molecule has 3 nitrogen and oxygen atoms in total. The molecule has 2 rings (SSSR count). The van der Waals surface area contributed by atoms with Gasteiger partial charge in [0, 0.05) is 20.4 Å². The molecule has 0 bridgehead atoms. The Morgan fingerprint density at radius 3 is 2.38 bits per heavy atom. The Labute approximate surface area is 161 Å². The van der Waals surface area contributed by atoms with Crippen LogP contribution in [0.2, 0.25) is 10.0 Å². The summed E-state index contributed by atoms with van der Waals surface area (Å²) >= 11 is 15.6. The molecular formula is C17H17BrCl2O3S. The van der Waals surface area contributed by atoms with Crippen molar-refractivity contribution < 1.29 is 12.6 Å². The van der Waals surface area contributed by atoms with Crippen molar-refractivity contribution in [3.8, 4) is 0 Å². The van der Waals surface area contributed by atoms with E-state index in [2.05, 4.69) is 15.9 Å². The average Bonchev–Trinajstić information content (AvgIpc) is 2.49. The molecule has 2 aromatic rings. The molecule has 0 N–H and O–H groups in total. The minimum atomic E-state index is -3.51. The van der Waals surface area contributed by atoms with E-state index in [1.54, 1.807) is 12.1 Å². The zero-order valence-corrected chi connectivity index (χ0v) is 16.9. The van der Waals surface area contributed by atoms with Gasteiger partial charge in [-0.1, -0.05) is 57.3 Å². The smallest absolute Gasteiger partial charge is 0.264 e. The van der Waals surface area contributed by atoms with Gasteiger partial charge in [0.15, 0.2) is 0 Å². The lowest BCUT2D eigenvalue weighted by Gasteiger charge is -2.18. The molecule has 0 fully saturated rings. The van der Waals surface area contributed by atoms with E-state index < -0.39 is 10.1 Å². The first-order valence-electron chi connectivity index (χ1n) is 7.28. The molecule has 0 unspecified atom stereocenters. The van der Waals surface area contributed by atoms with E-state index in [0.717, 1.165) is 28.3 Å². The summed E-state index contributed by atoms with van der Waals surface area (Å²) in [6, 6.07) is 13.2. The van der Waals surface area contributed by atoms with Gasteiger partial charge in [-0.2, -0.15) is 8.42 Å². The lowest BCUT2D eigenvalue weighted by atomic mass is 9.93. The molecular weight excluding hydrogens is 435 g/mol. The highest BCUT2D eigenvalue weighted by Crippen LogP contribution is 2.31. The fourth-order valence-electron chi connectivity index (χ4n) is 2.36. The predicted molar refractivity (Wildman–Crippen MR) is 102 cm³/mol. The quantitative estimate of drug-likeness (QED) is 0.525.